The van der Waals surface area contributed by atoms with Crippen molar-refractivity contribution in [2.75, 3.05) is 13.2 Å². The Labute approximate surface area is 167 Å². The standard InChI is InChI=1S/C23H30N2O3/c1-5-19-11-13-21(14-12-19)28-16-22(26)25(18(4)23(27)24-6-2)15-20-9-7-17(3)8-10-20/h7-14,18H,5-6,15-16H2,1-4H3,(H,24,27)/t18-/m1/s1. The van der Waals surface area contributed by atoms with Crippen LogP contribution in [0.1, 0.15) is 37.5 Å². The maximum atomic E-state index is 12.9. The van der Waals surface area contributed by atoms with Gasteiger partial charge in [0.15, 0.2) is 6.61 Å². The van der Waals surface area contributed by atoms with Crippen LogP contribution in [0.2, 0.25) is 0 Å². The number of nitrogens with zero attached hydrogens (tertiary/aromatic N) is 1. The van der Waals surface area contributed by atoms with E-state index in [1.165, 1.54) is 5.56 Å². The molecule has 5 nitrogen and oxygen atoms in total. The van der Waals surface area contributed by atoms with Gasteiger partial charge in [0.2, 0.25) is 5.91 Å². The number of hydrogen-bond acceptors (Lipinski definition) is 3. The highest BCUT2D eigenvalue weighted by molar-refractivity contribution is 5.87. The summed E-state index contributed by atoms with van der Waals surface area (Å²) < 4.78 is 5.67. The van der Waals surface area contributed by atoms with Crippen molar-refractivity contribution in [3.8, 4) is 5.75 Å². The van der Waals surface area contributed by atoms with Gasteiger partial charge in [-0.15, -0.1) is 0 Å². The molecule has 0 bridgehead atoms. The van der Waals surface area contributed by atoms with Crippen molar-refractivity contribution in [1.29, 1.82) is 0 Å². The lowest BCUT2D eigenvalue weighted by atomic mass is 10.1. The molecule has 0 spiro atoms. The number of carbonyl (C=O) groups excluding carboxylic acids is 2. The number of nitrogens with one attached hydrogen (secondary N) is 1. The molecule has 0 radical (unpaired) electrons. The van der Waals surface area contributed by atoms with Gasteiger partial charge in [0.25, 0.3) is 5.91 Å². The first-order valence-corrected chi connectivity index (χ1v) is 9.79. The Bertz CT molecular complexity index is 769. The number of ether oxygens (including phenoxy) is 1. The summed E-state index contributed by atoms with van der Waals surface area (Å²) in [6.07, 6.45) is 0.952. The smallest absolute Gasteiger partial charge is 0.261 e. The van der Waals surface area contributed by atoms with E-state index in [1.54, 1.807) is 11.8 Å². The molecule has 150 valence electrons. The molecule has 2 amide bonds. The molecule has 0 aliphatic heterocycles. The van der Waals surface area contributed by atoms with Crippen LogP contribution in [0.5, 0.6) is 5.75 Å². The summed E-state index contributed by atoms with van der Waals surface area (Å²) in [5.41, 5.74) is 3.34. The minimum absolute atomic E-state index is 0.110. The molecule has 0 saturated heterocycles. The molecule has 0 heterocycles. The summed E-state index contributed by atoms with van der Waals surface area (Å²) in [5, 5.41) is 2.79. The highest BCUT2D eigenvalue weighted by Crippen LogP contribution is 2.15. The Kier molecular flexibility index (Phi) is 8.05. The molecule has 0 aromatic heterocycles. The van der Waals surface area contributed by atoms with Crippen LogP contribution in [-0.4, -0.2) is 35.9 Å². The maximum Gasteiger partial charge on any atom is 0.261 e. The molecule has 2 aromatic rings. The van der Waals surface area contributed by atoms with Crippen molar-refractivity contribution in [1.82, 2.24) is 10.2 Å². The zero-order valence-corrected chi connectivity index (χ0v) is 17.2. The normalized spacial score (nSPS) is 11.6. The van der Waals surface area contributed by atoms with Crippen LogP contribution in [0.15, 0.2) is 48.5 Å². The van der Waals surface area contributed by atoms with Crippen molar-refractivity contribution >= 4 is 11.8 Å². The van der Waals surface area contributed by atoms with Crippen LogP contribution < -0.4 is 10.1 Å². The van der Waals surface area contributed by atoms with Gasteiger partial charge in [0.05, 0.1) is 0 Å². The summed E-state index contributed by atoms with van der Waals surface area (Å²) in [5.74, 6) is 0.251. The van der Waals surface area contributed by atoms with E-state index in [2.05, 4.69) is 12.2 Å². The van der Waals surface area contributed by atoms with Crippen LogP contribution in [-0.2, 0) is 22.6 Å². The molecular weight excluding hydrogens is 352 g/mol. The zero-order valence-electron chi connectivity index (χ0n) is 17.2. The third kappa shape index (κ3) is 6.12. The molecule has 2 aromatic carbocycles. The molecule has 2 rings (SSSR count). The van der Waals surface area contributed by atoms with Gasteiger partial charge in [-0.3, -0.25) is 9.59 Å². The molecule has 0 aliphatic carbocycles. The van der Waals surface area contributed by atoms with E-state index in [-0.39, 0.29) is 18.4 Å². The quantitative estimate of drug-likeness (QED) is 0.722. The van der Waals surface area contributed by atoms with Crippen molar-refractivity contribution < 1.29 is 14.3 Å². The minimum atomic E-state index is -0.583. The Balaban J connectivity index is 2.10. The van der Waals surface area contributed by atoms with Gasteiger partial charge in [0.1, 0.15) is 11.8 Å². The fourth-order valence-corrected chi connectivity index (χ4v) is 2.84. The molecular formula is C23H30N2O3. The molecule has 0 fully saturated rings. The topological polar surface area (TPSA) is 58.6 Å². The SMILES string of the molecule is CCNC(=O)[C@@H](C)N(Cc1ccc(C)cc1)C(=O)COc1ccc(CC)cc1. The third-order valence-corrected chi connectivity index (χ3v) is 4.69. The first kappa shape index (κ1) is 21.5. The summed E-state index contributed by atoms with van der Waals surface area (Å²) in [6.45, 7) is 8.48. The van der Waals surface area contributed by atoms with E-state index in [0.717, 1.165) is 17.5 Å². The molecule has 1 N–H and O–H groups in total. The van der Waals surface area contributed by atoms with Crippen molar-refractivity contribution in [3.63, 3.8) is 0 Å². The summed E-state index contributed by atoms with van der Waals surface area (Å²) >= 11 is 0. The minimum Gasteiger partial charge on any atom is -0.484 e. The lowest BCUT2D eigenvalue weighted by Gasteiger charge is -2.28. The highest BCUT2D eigenvalue weighted by atomic mass is 16.5. The van der Waals surface area contributed by atoms with E-state index in [9.17, 15) is 9.59 Å². The van der Waals surface area contributed by atoms with E-state index in [4.69, 9.17) is 4.74 Å². The van der Waals surface area contributed by atoms with Gasteiger partial charge in [-0.25, -0.2) is 0 Å². The molecule has 0 unspecified atom stereocenters. The van der Waals surface area contributed by atoms with Crippen molar-refractivity contribution in [2.45, 2.75) is 46.7 Å². The average Bonchev–Trinajstić information content (AvgIpc) is 2.71. The fraction of sp³-hybridized carbons (Fsp3) is 0.391. The van der Waals surface area contributed by atoms with Crippen LogP contribution >= 0.6 is 0 Å². The van der Waals surface area contributed by atoms with Crippen LogP contribution in [0, 0.1) is 6.92 Å². The number of benzene rings is 2. The molecule has 0 saturated carbocycles. The fourth-order valence-electron chi connectivity index (χ4n) is 2.84. The first-order valence-electron chi connectivity index (χ1n) is 9.79. The zero-order chi connectivity index (χ0) is 20.5. The second-order valence-corrected chi connectivity index (χ2v) is 6.86. The van der Waals surface area contributed by atoms with Crippen LogP contribution in [0.25, 0.3) is 0 Å². The largest absolute Gasteiger partial charge is 0.484 e. The molecule has 5 heteroatoms. The summed E-state index contributed by atoms with van der Waals surface area (Å²) in [7, 11) is 0. The number of hydrogen-bond donors (Lipinski definition) is 1. The van der Waals surface area contributed by atoms with E-state index < -0.39 is 6.04 Å². The number of rotatable bonds is 9. The first-order chi connectivity index (χ1) is 13.4. The monoisotopic (exact) mass is 382 g/mol. The van der Waals surface area contributed by atoms with Crippen molar-refractivity contribution in [2.24, 2.45) is 0 Å². The number of aryl methyl sites for hydroxylation is 2. The van der Waals surface area contributed by atoms with Crippen molar-refractivity contribution in [3.05, 3.63) is 65.2 Å². The molecule has 28 heavy (non-hydrogen) atoms. The summed E-state index contributed by atoms with van der Waals surface area (Å²) in [6, 6.07) is 15.1. The van der Waals surface area contributed by atoms with Gasteiger partial charge in [-0.2, -0.15) is 0 Å². The highest BCUT2D eigenvalue weighted by Gasteiger charge is 2.26. The van der Waals surface area contributed by atoms with Crippen LogP contribution in [0.4, 0.5) is 0 Å². The number of carbonyl (C=O) groups is 2. The summed E-state index contributed by atoms with van der Waals surface area (Å²) in [4.78, 5) is 26.8. The van der Waals surface area contributed by atoms with Gasteiger partial charge in [-0.05, 0) is 50.5 Å². The van der Waals surface area contributed by atoms with Gasteiger partial charge in [0, 0.05) is 13.1 Å². The van der Waals surface area contributed by atoms with Crippen LogP contribution in [0.3, 0.4) is 0 Å². The Morgan fingerprint density at radius 3 is 2.18 bits per heavy atom. The third-order valence-electron chi connectivity index (χ3n) is 4.69. The molecule has 1 atom stereocenters. The predicted octanol–water partition coefficient (Wildman–Crippen LogP) is 3.49. The molecule has 0 aliphatic rings. The predicted molar refractivity (Wildman–Crippen MR) is 111 cm³/mol. The lowest BCUT2D eigenvalue weighted by molar-refractivity contribution is -0.142. The van der Waals surface area contributed by atoms with E-state index in [0.29, 0.717) is 18.8 Å². The Morgan fingerprint density at radius 1 is 1.00 bits per heavy atom. The number of likely N-dealkylation sites (N-methyl/N-ethyl adjacent to an activating group) is 1. The Hall–Kier alpha value is -2.82. The van der Waals surface area contributed by atoms with E-state index >= 15 is 0 Å². The Morgan fingerprint density at radius 2 is 1.61 bits per heavy atom. The van der Waals surface area contributed by atoms with Gasteiger partial charge >= 0.3 is 0 Å². The lowest BCUT2D eigenvalue weighted by Crippen LogP contribution is -2.49. The number of amides is 2. The second kappa shape index (κ2) is 10.5. The van der Waals surface area contributed by atoms with Gasteiger partial charge < -0.3 is 15.0 Å². The second-order valence-electron chi connectivity index (χ2n) is 6.86. The average molecular weight is 383 g/mol. The maximum absolute atomic E-state index is 12.9. The van der Waals surface area contributed by atoms with Gasteiger partial charge in [-0.1, -0.05) is 48.9 Å². The van der Waals surface area contributed by atoms with E-state index in [1.807, 2.05) is 62.4 Å².